The third-order valence-electron chi connectivity index (χ3n) is 2.89. The molecule has 2 rings (SSSR count). The molecule has 0 aliphatic heterocycles. The van der Waals surface area contributed by atoms with Crippen LogP contribution in [0.15, 0.2) is 9.63 Å². The molecule has 0 fully saturated rings. The Morgan fingerprint density at radius 2 is 2.11 bits per heavy atom. The lowest BCUT2D eigenvalue weighted by Gasteiger charge is -2.06. The number of thioether (sulfide) groups is 1. The molecule has 0 bridgehead atoms. The fraction of sp³-hybridized carbons (Fsp3) is 0.545. The molecule has 2 aromatic heterocycles. The number of hydrogen-bond acceptors (Lipinski definition) is 5. The van der Waals surface area contributed by atoms with Crippen LogP contribution in [0.1, 0.15) is 24.1 Å². The summed E-state index contributed by atoms with van der Waals surface area (Å²) in [7, 11) is 1.95. The second kappa shape index (κ2) is 6.06. The zero-order valence-electron chi connectivity index (χ0n) is 11.2. The van der Waals surface area contributed by atoms with Crippen molar-refractivity contribution in [2.75, 3.05) is 0 Å². The number of aryl methyl sites for hydroxylation is 2. The van der Waals surface area contributed by atoms with Crippen molar-refractivity contribution in [1.29, 1.82) is 0 Å². The van der Waals surface area contributed by atoms with Gasteiger partial charge in [-0.1, -0.05) is 11.8 Å². The van der Waals surface area contributed by atoms with Crippen molar-refractivity contribution in [1.82, 2.24) is 24.5 Å². The Morgan fingerprint density at radius 1 is 1.37 bits per heavy atom. The van der Waals surface area contributed by atoms with Crippen LogP contribution in [0.2, 0.25) is 0 Å². The van der Waals surface area contributed by atoms with E-state index in [1.807, 2.05) is 23.2 Å². The summed E-state index contributed by atoms with van der Waals surface area (Å²) in [4.78, 5) is 0. The highest BCUT2D eigenvalue weighted by Gasteiger charge is 2.14. The van der Waals surface area contributed by atoms with E-state index < -0.39 is 0 Å². The summed E-state index contributed by atoms with van der Waals surface area (Å²) in [5.41, 5.74) is 7.78. The lowest BCUT2D eigenvalue weighted by molar-refractivity contribution is 0.642. The van der Waals surface area contributed by atoms with Gasteiger partial charge in [0.25, 0.3) is 0 Å². The summed E-state index contributed by atoms with van der Waals surface area (Å²) in [6, 6.07) is 0. The quantitative estimate of drug-likeness (QED) is 0.837. The molecule has 0 spiro atoms. The predicted octanol–water partition coefficient (Wildman–Crippen LogP) is 1.85. The van der Waals surface area contributed by atoms with Gasteiger partial charge in [0.2, 0.25) is 0 Å². The minimum atomic E-state index is 0.413. The van der Waals surface area contributed by atoms with Crippen LogP contribution in [0, 0.1) is 6.92 Å². The zero-order valence-corrected chi connectivity index (χ0v) is 13.6. The van der Waals surface area contributed by atoms with Crippen LogP contribution in [0.25, 0.3) is 0 Å². The van der Waals surface area contributed by atoms with E-state index in [9.17, 15) is 0 Å². The van der Waals surface area contributed by atoms with Gasteiger partial charge in [-0.05, 0) is 29.8 Å². The van der Waals surface area contributed by atoms with E-state index in [0.29, 0.717) is 6.54 Å². The molecule has 8 heteroatoms. The Morgan fingerprint density at radius 3 is 2.63 bits per heavy atom. The van der Waals surface area contributed by atoms with Gasteiger partial charge in [0.15, 0.2) is 5.16 Å². The molecule has 0 atom stereocenters. The van der Waals surface area contributed by atoms with E-state index in [1.165, 1.54) is 0 Å². The molecule has 0 aromatic carbocycles. The van der Waals surface area contributed by atoms with Crippen molar-refractivity contribution < 1.29 is 0 Å². The smallest absolute Gasteiger partial charge is 0.191 e. The lowest BCUT2D eigenvalue weighted by atomic mass is 10.4. The van der Waals surface area contributed by atoms with Crippen LogP contribution < -0.4 is 5.73 Å². The highest BCUT2D eigenvalue weighted by atomic mass is 79.9. The molecular weight excluding hydrogens is 328 g/mol. The molecule has 0 amide bonds. The molecule has 0 unspecified atom stereocenters. The van der Waals surface area contributed by atoms with Crippen LogP contribution in [0.3, 0.4) is 0 Å². The van der Waals surface area contributed by atoms with Crippen LogP contribution in [-0.4, -0.2) is 24.5 Å². The van der Waals surface area contributed by atoms with Gasteiger partial charge in [0, 0.05) is 19.3 Å². The normalized spacial score (nSPS) is 11.2. The topological polar surface area (TPSA) is 74.6 Å². The van der Waals surface area contributed by atoms with Gasteiger partial charge >= 0.3 is 0 Å². The maximum atomic E-state index is 5.64. The number of halogens is 1. The molecule has 19 heavy (non-hydrogen) atoms. The van der Waals surface area contributed by atoms with E-state index in [2.05, 4.69) is 38.1 Å². The number of aromatic nitrogens is 5. The average Bonchev–Trinajstić information content (AvgIpc) is 2.89. The first-order valence-electron chi connectivity index (χ1n) is 6.01. The Kier molecular flexibility index (Phi) is 4.64. The number of nitrogens with zero attached hydrogens (tertiary/aromatic N) is 5. The Bertz CT molecular complexity index is 576. The molecule has 0 aliphatic carbocycles. The fourth-order valence-electron chi connectivity index (χ4n) is 1.86. The number of hydrogen-bond donors (Lipinski definition) is 1. The monoisotopic (exact) mass is 344 g/mol. The van der Waals surface area contributed by atoms with Crippen molar-refractivity contribution in [3.63, 3.8) is 0 Å². The van der Waals surface area contributed by atoms with Crippen molar-refractivity contribution in [3.8, 4) is 0 Å². The van der Waals surface area contributed by atoms with Gasteiger partial charge in [-0.3, -0.25) is 4.68 Å². The third kappa shape index (κ3) is 2.85. The summed E-state index contributed by atoms with van der Waals surface area (Å²) in [5, 5.41) is 13.6. The standard InChI is InChI=1S/C11H17BrN6S/c1-4-18-9(5-13)14-15-11(18)19-6-8-10(12)7(2)16-17(8)3/h4-6,13H2,1-3H3. The van der Waals surface area contributed by atoms with E-state index in [0.717, 1.165) is 39.1 Å². The molecular formula is C11H17BrN6S. The first kappa shape index (κ1) is 14.5. The molecule has 0 saturated carbocycles. The van der Waals surface area contributed by atoms with Crippen molar-refractivity contribution in [2.24, 2.45) is 12.8 Å². The van der Waals surface area contributed by atoms with Crippen LogP contribution in [0.5, 0.6) is 0 Å². The molecule has 0 radical (unpaired) electrons. The van der Waals surface area contributed by atoms with E-state index >= 15 is 0 Å². The van der Waals surface area contributed by atoms with Gasteiger partial charge in [0.1, 0.15) is 5.82 Å². The fourth-order valence-corrected chi connectivity index (χ4v) is 3.61. The summed E-state index contributed by atoms with van der Waals surface area (Å²) in [6.45, 7) is 5.29. The second-order valence-corrected chi connectivity index (χ2v) is 5.84. The van der Waals surface area contributed by atoms with Crippen molar-refractivity contribution >= 4 is 27.7 Å². The zero-order chi connectivity index (χ0) is 14.0. The lowest BCUT2D eigenvalue weighted by Crippen LogP contribution is -2.08. The summed E-state index contributed by atoms with van der Waals surface area (Å²) < 4.78 is 4.99. The van der Waals surface area contributed by atoms with Crippen LogP contribution in [-0.2, 0) is 25.9 Å². The number of nitrogens with two attached hydrogens (primary N) is 1. The van der Waals surface area contributed by atoms with E-state index in [1.54, 1.807) is 11.8 Å². The van der Waals surface area contributed by atoms with Gasteiger partial charge in [0.05, 0.1) is 22.4 Å². The van der Waals surface area contributed by atoms with Crippen molar-refractivity contribution in [3.05, 3.63) is 21.7 Å². The number of rotatable bonds is 5. The van der Waals surface area contributed by atoms with Crippen LogP contribution >= 0.6 is 27.7 Å². The molecule has 6 nitrogen and oxygen atoms in total. The molecule has 2 aromatic rings. The minimum Gasteiger partial charge on any atom is -0.324 e. The van der Waals surface area contributed by atoms with E-state index in [-0.39, 0.29) is 0 Å². The maximum absolute atomic E-state index is 5.64. The average molecular weight is 345 g/mol. The predicted molar refractivity (Wildman–Crippen MR) is 78.8 cm³/mol. The first-order chi connectivity index (χ1) is 9.08. The Labute approximate surface area is 124 Å². The highest BCUT2D eigenvalue weighted by molar-refractivity contribution is 9.10. The van der Waals surface area contributed by atoms with Gasteiger partial charge in [-0.15, -0.1) is 10.2 Å². The summed E-state index contributed by atoms with van der Waals surface area (Å²) >= 11 is 5.22. The molecule has 2 heterocycles. The Balaban J connectivity index is 2.16. The molecule has 0 aliphatic rings. The molecule has 104 valence electrons. The summed E-state index contributed by atoms with van der Waals surface area (Å²) in [6.07, 6.45) is 0. The third-order valence-corrected chi connectivity index (χ3v) is 4.90. The molecule has 0 saturated heterocycles. The van der Waals surface area contributed by atoms with Gasteiger partial charge in [-0.25, -0.2) is 0 Å². The Hall–Kier alpha value is -0.860. The van der Waals surface area contributed by atoms with Gasteiger partial charge in [-0.2, -0.15) is 5.10 Å². The largest absolute Gasteiger partial charge is 0.324 e. The van der Waals surface area contributed by atoms with Crippen LogP contribution in [0.4, 0.5) is 0 Å². The van der Waals surface area contributed by atoms with Gasteiger partial charge < -0.3 is 10.3 Å². The summed E-state index contributed by atoms with van der Waals surface area (Å²) in [5.74, 6) is 1.62. The highest BCUT2D eigenvalue weighted by Crippen LogP contribution is 2.27. The SMILES string of the molecule is CCn1c(CN)nnc1SCc1c(Br)c(C)nn1C. The first-order valence-corrected chi connectivity index (χ1v) is 7.79. The second-order valence-electron chi connectivity index (χ2n) is 4.11. The van der Waals surface area contributed by atoms with E-state index in [4.69, 9.17) is 5.73 Å². The maximum Gasteiger partial charge on any atom is 0.191 e. The minimum absolute atomic E-state index is 0.413. The molecule has 2 N–H and O–H groups in total. The van der Waals surface area contributed by atoms with Crippen molar-refractivity contribution in [2.45, 2.75) is 37.8 Å².